The number of benzene rings is 1. The largest absolute Gasteiger partial charge is 0.480 e. The van der Waals surface area contributed by atoms with Gasteiger partial charge in [-0.15, -0.1) is 0 Å². The molecular weight excluding hydrogens is 246 g/mol. The van der Waals surface area contributed by atoms with Gasteiger partial charge in [0.05, 0.1) is 11.8 Å². The lowest BCUT2D eigenvalue weighted by atomic mass is 10.1. The molecule has 1 aromatic heterocycles. The number of carbonyl (C=O) groups is 2. The van der Waals surface area contributed by atoms with Gasteiger partial charge in [-0.25, -0.2) is 4.79 Å². The van der Waals surface area contributed by atoms with E-state index in [4.69, 9.17) is 5.11 Å². The van der Waals surface area contributed by atoms with Crippen molar-refractivity contribution in [3.8, 4) is 0 Å². The number of amides is 1. The number of hydrogen-bond acceptors (Lipinski definition) is 3. The van der Waals surface area contributed by atoms with Crippen molar-refractivity contribution in [2.45, 2.75) is 12.5 Å². The monoisotopic (exact) mass is 259 g/mol. The van der Waals surface area contributed by atoms with E-state index in [2.05, 4.69) is 15.5 Å². The molecule has 0 spiro atoms. The lowest BCUT2D eigenvalue weighted by molar-refractivity contribution is -0.139. The molecule has 6 nitrogen and oxygen atoms in total. The van der Waals surface area contributed by atoms with Gasteiger partial charge in [-0.3, -0.25) is 9.89 Å². The minimum absolute atomic E-state index is 0.236. The summed E-state index contributed by atoms with van der Waals surface area (Å²) >= 11 is 0. The van der Waals surface area contributed by atoms with Crippen LogP contribution in [-0.4, -0.2) is 33.2 Å². The van der Waals surface area contributed by atoms with E-state index in [1.165, 1.54) is 12.4 Å². The van der Waals surface area contributed by atoms with Gasteiger partial charge in [0.25, 0.3) is 5.91 Å². The number of nitrogens with zero attached hydrogens (tertiary/aromatic N) is 1. The SMILES string of the molecule is O=C(N[C@@H](Cc1ccccc1)C(=O)O)c1cn[nH]c1. The fourth-order valence-corrected chi connectivity index (χ4v) is 1.67. The van der Waals surface area contributed by atoms with Crippen LogP contribution in [0.3, 0.4) is 0 Å². The Balaban J connectivity index is 2.05. The molecule has 0 aliphatic heterocycles. The predicted molar refractivity (Wildman–Crippen MR) is 67.6 cm³/mol. The van der Waals surface area contributed by atoms with Crippen molar-refractivity contribution in [1.29, 1.82) is 0 Å². The van der Waals surface area contributed by atoms with E-state index in [9.17, 15) is 9.59 Å². The number of nitrogens with one attached hydrogen (secondary N) is 2. The van der Waals surface area contributed by atoms with Crippen molar-refractivity contribution in [3.05, 3.63) is 53.9 Å². The molecule has 0 radical (unpaired) electrons. The van der Waals surface area contributed by atoms with Gasteiger partial charge in [-0.05, 0) is 5.56 Å². The summed E-state index contributed by atoms with van der Waals surface area (Å²) in [6, 6.07) is 8.17. The number of aromatic nitrogens is 2. The molecule has 0 saturated heterocycles. The first-order chi connectivity index (χ1) is 9.16. The van der Waals surface area contributed by atoms with Gasteiger partial charge >= 0.3 is 5.97 Å². The van der Waals surface area contributed by atoms with Crippen molar-refractivity contribution >= 4 is 11.9 Å². The van der Waals surface area contributed by atoms with Crippen LogP contribution in [0.2, 0.25) is 0 Å². The maximum absolute atomic E-state index is 11.8. The second-order valence-electron chi connectivity index (χ2n) is 4.04. The van der Waals surface area contributed by atoms with E-state index in [0.29, 0.717) is 5.56 Å². The molecule has 0 bridgehead atoms. The Hall–Kier alpha value is -2.63. The first-order valence-electron chi connectivity index (χ1n) is 5.73. The van der Waals surface area contributed by atoms with E-state index in [1.807, 2.05) is 30.3 Å². The fraction of sp³-hybridized carbons (Fsp3) is 0.154. The topological polar surface area (TPSA) is 95.1 Å². The van der Waals surface area contributed by atoms with Crippen LogP contribution in [0.15, 0.2) is 42.7 Å². The molecule has 0 aliphatic carbocycles. The third kappa shape index (κ3) is 3.41. The summed E-state index contributed by atoms with van der Waals surface area (Å²) in [4.78, 5) is 22.9. The van der Waals surface area contributed by atoms with Crippen molar-refractivity contribution in [1.82, 2.24) is 15.5 Å². The van der Waals surface area contributed by atoms with Crippen LogP contribution in [0.4, 0.5) is 0 Å². The molecule has 1 amide bonds. The molecular formula is C13H13N3O3. The second-order valence-corrected chi connectivity index (χ2v) is 4.04. The van der Waals surface area contributed by atoms with Crippen LogP contribution in [0.25, 0.3) is 0 Å². The zero-order chi connectivity index (χ0) is 13.7. The lowest BCUT2D eigenvalue weighted by Crippen LogP contribution is -2.42. The van der Waals surface area contributed by atoms with Gasteiger partial charge in [0, 0.05) is 12.6 Å². The highest BCUT2D eigenvalue weighted by atomic mass is 16.4. The van der Waals surface area contributed by atoms with Gasteiger partial charge in [0.15, 0.2) is 0 Å². The van der Waals surface area contributed by atoms with Crippen LogP contribution in [0, 0.1) is 0 Å². The molecule has 2 aromatic rings. The first kappa shape index (κ1) is 12.8. The van der Waals surface area contributed by atoms with Crippen LogP contribution in [0.1, 0.15) is 15.9 Å². The van der Waals surface area contributed by atoms with Gasteiger partial charge in [-0.2, -0.15) is 5.10 Å². The second kappa shape index (κ2) is 5.81. The summed E-state index contributed by atoms with van der Waals surface area (Å²) in [6.45, 7) is 0. The van der Waals surface area contributed by atoms with Gasteiger partial charge in [0.1, 0.15) is 6.04 Å². The average Bonchev–Trinajstić information content (AvgIpc) is 2.93. The van der Waals surface area contributed by atoms with Crippen LogP contribution < -0.4 is 5.32 Å². The normalized spacial score (nSPS) is 11.8. The summed E-state index contributed by atoms with van der Waals surface area (Å²) in [5.41, 5.74) is 1.15. The predicted octanol–water partition coefficient (Wildman–Crippen LogP) is 0.835. The standard InChI is InChI=1S/C13H13N3O3/c17-12(10-7-14-15-8-10)16-11(13(18)19)6-9-4-2-1-3-5-9/h1-5,7-8,11H,6H2,(H,14,15)(H,16,17)(H,18,19)/t11-/m0/s1. The molecule has 0 aliphatic rings. The Morgan fingerprint density at radius 1 is 1.32 bits per heavy atom. The summed E-state index contributed by atoms with van der Waals surface area (Å²) in [5.74, 6) is -1.53. The highest BCUT2D eigenvalue weighted by Crippen LogP contribution is 2.04. The van der Waals surface area contributed by atoms with Crippen LogP contribution in [-0.2, 0) is 11.2 Å². The van der Waals surface area contributed by atoms with Gasteiger partial charge in [-0.1, -0.05) is 30.3 Å². The zero-order valence-corrected chi connectivity index (χ0v) is 10.0. The summed E-state index contributed by atoms with van der Waals surface area (Å²) in [5, 5.41) is 17.8. The van der Waals surface area contributed by atoms with Crippen molar-refractivity contribution in [2.75, 3.05) is 0 Å². The Morgan fingerprint density at radius 2 is 2.05 bits per heavy atom. The van der Waals surface area contributed by atoms with Crippen molar-refractivity contribution < 1.29 is 14.7 Å². The molecule has 1 atom stereocenters. The van der Waals surface area contributed by atoms with E-state index in [-0.39, 0.29) is 6.42 Å². The molecule has 6 heteroatoms. The molecule has 0 unspecified atom stereocenters. The maximum atomic E-state index is 11.8. The summed E-state index contributed by atoms with van der Waals surface area (Å²) in [6.07, 6.45) is 2.99. The number of hydrogen-bond donors (Lipinski definition) is 3. The van der Waals surface area contributed by atoms with E-state index in [1.54, 1.807) is 0 Å². The van der Waals surface area contributed by atoms with Crippen molar-refractivity contribution in [2.24, 2.45) is 0 Å². The summed E-state index contributed by atoms with van der Waals surface area (Å²) in [7, 11) is 0. The maximum Gasteiger partial charge on any atom is 0.326 e. The third-order valence-electron chi connectivity index (χ3n) is 2.65. The smallest absolute Gasteiger partial charge is 0.326 e. The molecule has 19 heavy (non-hydrogen) atoms. The van der Waals surface area contributed by atoms with Gasteiger partial charge < -0.3 is 10.4 Å². The number of rotatable bonds is 5. The molecule has 1 aromatic carbocycles. The number of H-pyrrole nitrogens is 1. The zero-order valence-electron chi connectivity index (χ0n) is 10.0. The Morgan fingerprint density at radius 3 is 2.63 bits per heavy atom. The van der Waals surface area contributed by atoms with E-state index in [0.717, 1.165) is 5.56 Å². The third-order valence-corrected chi connectivity index (χ3v) is 2.65. The van der Waals surface area contributed by atoms with Crippen molar-refractivity contribution in [3.63, 3.8) is 0 Å². The molecule has 2 rings (SSSR count). The molecule has 0 saturated carbocycles. The quantitative estimate of drug-likeness (QED) is 0.741. The lowest BCUT2D eigenvalue weighted by Gasteiger charge is -2.13. The number of carbonyl (C=O) groups excluding carboxylic acids is 1. The van der Waals surface area contributed by atoms with Gasteiger partial charge in [0.2, 0.25) is 0 Å². The number of aromatic amines is 1. The minimum atomic E-state index is -1.07. The number of carboxylic acids is 1. The number of carboxylic acid groups (broad SMARTS) is 1. The Bertz CT molecular complexity index is 552. The Labute approximate surface area is 109 Å². The van der Waals surface area contributed by atoms with E-state index < -0.39 is 17.9 Å². The Kier molecular flexibility index (Phi) is 3.92. The van der Waals surface area contributed by atoms with E-state index >= 15 is 0 Å². The summed E-state index contributed by atoms with van der Waals surface area (Å²) < 4.78 is 0. The average molecular weight is 259 g/mol. The minimum Gasteiger partial charge on any atom is -0.480 e. The molecule has 1 heterocycles. The first-order valence-corrected chi connectivity index (χ1v) is 5.73. The highest BCUT2D eigenvalue weighted by Gasteiger charge is 2.21. The molecule has 0 fully saturated rings. The number of aliphatic carboxylic acids is 1. The molecule has 98 valence electrons. The van der Waals surface area contributed by atoms with Crippen LogP contribution in [0.5, 0.6) is 0 Å². The van der Waals surface area contributed by atoms with Crippen LogP contribution >= 0.6 is 0 Å². The fourth-order valence-electron chi connectivity index (χ4n) is 1.67. The highest BCUT2D eigenvalue weighted by molar-refractivity contribution is 5.96. The molecule has 3 N–H and O–H groups in total.